The van der Waals surface area contributed by atoms with Crippen LogP contribution in [-0.4, -0.2) is 37.2 Å². The summed E-state index contributed by atoms with van der Waals surface area (Å²) in [5, 5.41) is 0. The van der Waals surface area contributed by atoms with Crippen molar-refractivity contribution < 1.29 is 28.6 Å². The van der Waals surface area contributed by atoms with Gasteiger partial charge in [0.1, 0.15) is 13.2 Å². The Morgan fingerprint density at radius 1 is 0.239 bits per heavy atom. The topological polar surface area (TPSA) is 78.9 Å². The first-order chi connectivity index (χ1) is 33.0. The van der Waals surface area contributed by atoms with Gasteiger partial charge in [-0.15, -0.1) is 0 Å². The summed E-state index contributed by atoms with van der Waals surface area (Å²) in [4.78, 5) is 37.7. The summed E-state index contributed by atoms with van der Waals surface area (Å²) in [6, 6.07) is 0. The molecule has 0 saturated carbocycles. The summed E-state index contributed by atoms with van der Waals surface area (Å²) in [7, 11) is 0. The molecule has 0 aliphatic rings. The van der Waals surface area contributed by atoms with Gasteiger partial charge in [-0.2, -0.15) is 0 Å². The van der Waals surface area contributed by atoms with Gasteiger partial charge in [0.25, 0.3) is 0 Å². The fraction of sp³-hybridized carbons (Fsp3) is 0.951. The molecule has 0 heterocycles. The Balaban J connectivity index is 3.83. The lowest BCUT2D eigenvalue weighted by Crippen LogP contribution is -2.30. The van der Waals surface area contributed by atoms with E-state index in [0.717, 1.165) is 57.8 Å². The molecule has 0 aliphatic heterocycles. The Kier molecular flexibility index (Phi) is 55.6. The van der Waals surface area contributed by atoms with Gasteiger partial charge in [-0.1, -0.05) is 316 Å². The molecule has 67 heavy (non-hydrogen) atoms. The van der Waals surface area contributed by atoms with Gasteiger partial charge < -0.3 is 14.2 Å². The molecule has 6 nitrogen and oxygen atoms in total. The Morgan fingerprint density at radius 2 is 0.403 bits per heavy atom. The van der Waals surface area contributed by atoms with Crippen molar-refractivity contribution in [2.75, 3.05) is 13.2 Å². The van der Waals surface area contributed by atoms with Crippen LogP contribution in [0.2, 0.25) is 0 Å². The van der Waals surface area contributed by atoms with E-state index in [0.29, 0.717) is 19.3 Å². The molecule has 0 fully saturated rings. The standard InChI is InChI=1S/C61H118O6/c1-4-7-10-13-16-18-20-21-22-23-24-25-26-27-28-29-30-31-32-33-34-35-36-37-38-39-40-42-43-45-48-51-54-60(63)66-57-58(56-65-59(62)53-50-47-15-12-9-6-3)67-61(64)55-52-49-46-44-41-19-17-14-11-8-5-2/h58H,4-57H2,1-3H3. The predicted octanol–water partition coefficient (Wildman–Crippen LogP) is 20.3. The minimum Gasteiger partial charge on any atom is -0.462 e. The highest BCUT2D eigenvalue weighted by atomic mass is 16.6. The van der Waals surface area contributed by atoms with E-state index in [-0.39, 0.29) is 31.1 Å². The number of unbranched alkanes of at least 4 members (excludes halogenated alkanes) is 46. The summed E-state index contributed by atoms with van der Waals surface area (Å²) in [5.74, 6) is -0.852. The van der Waals surface area contributed by atoms with E-state index in [1.807, 2.05) is 0 Å². The molecule has 0 N–H and O–H groups in total. The summed E-state index contributed by atoms with van der Waals surface area (Å²) >= 11 is 0. The second kappa shape index (κ2) is 57.0. The lowest BCUT2D eigenvalue weighted by molar-refractivity contribution is -0.167. The van der Waals surface area contributed by atoms with Crippen LogP contribution < -0.4 is 0 Å². The second-order valence-corrected chi connectivity index (χ2v) is 21.0. The van der Waals surface area contributed by atoms with Gasteiger partial charge in [0.15, 0.2) is 6.10 Å². The molecule has 6 heteroatoms. The maximum Gasteiger partial charge on any atom is 0.306 e. The molecule has 0 aliphatic carbocycles. The minimum atomic E-state index is -0.758. The van der Waals surface area contributed by atoms with Crippen LogP contribution in [0.15, 0.2) is 0 Å². The summed E-state index contributed by atoms with van der Waals surface area (Å²) < 4.78 is 16.7. The third-order valence-corrected chi connectivity index (χ3v) is 14.1. The molecule has 0 spiro atoms. The number of esters is 3. The van der Waals surface area contributed by atoms with Crippen LogP contribution in [0.1, 0.15) is 355 Å². The largest absolute Gasteiger partial charge is 0.462 e. The first-order valence-electron chi connectivity index (χ1n) is 30.5. The van der Waals surface area contributed by atoms with Crippen molar-refractivity contribution in [1.82, 2.24) is 0 Å². The van der Waals surface area contributed by atoms with Gasteiger partial charge >= 0.3 is 17.9 Å². The molecule has 1 atom stereocenters. The minimum absolute atomic E-state index is 0.0627. The number of rotatable bonds is 57. The highest BCUT2D eigenvalue weighted by Gasteiger charge is 2.19. The van der Waals surface area contributed by atoms with E-state index >= 15 is 0 Å². The Hall–Kier alpha value is -1.59. The Morgan fingerprint density at radius 3 is 0.597 bits per heavy atom. The number of carbonyl (C=O) groups is 3. The van der Waals surface area contributed by atoms with E-state index in [1.165, 1.54) is 257 Å². The number of ether oxygens (including phenoxy) is 3. The van der Waals surface area contributed by atoms with Gasteiger partial charge in [0, 0.05) is 19.3 Å². The fourth-order valence-corrected chi connectivity index (χ4v) is 9.51. The van der Waals surface area contributed by atoms with Crippen LogP contribution in [-0.2, 0) is 28.6 Å². The van der Waals surface area contributed by atoms with Crippen molar-refractivity contribution in [1.29, 1.82) is 0 Å². The molecular weight excluding hydrogens is 829 g/mol. The van der Waals surface area contributed by atoms with Gasteiger partial charge in [0.2, 0.25) is 0 Å². The van der Waals surface area contributed by atoms with Gasteiger partial charge in [0.05, 0.1) is 0 Å². The van der Waals surface area contributed by atoms with Crippen LogP contribution in [0.3, 0.4) is 0 Å². The fourth-order valence-electron chi connectivity index (χ4n) is 9.51. The molecule has 0 aromatic heterocycles. The predicted molar refractivity (Wildman–Crippen MR) is 289 cm³/mol. The van der Waals surface area contributed by atoms with Crippen LogP contribution in [0.5, 0.6) is 0 Å². The van der Waals surface area contributed by atoms with Crippen molar-refractivity contribution in [2.24, 2.45) is 0 Å². The molecule has 1 unspecified atom stereocenters. The van der Waals surface area contributed by atoms with E-state index in [1.54, 1.807) is 0 Å². The molecule has 0 aromatic carbocycles. The normalized spacial score (nSPS) is 11.9. The van der Waals surface area contributed by atoms with Crippen LogP contribution in [0.25, 0.3) is 0 Å². The zero-order chi connectivity index (χ0) is 48.6. The highest BCUT2D eigenvalue weighted by molar-refractivity contribution is 5.71. The van der Waals surface area contributed by atoms with Gasteiger partial charge in [-0.25, -0.2) is 0 Å². The lowest BCUT2D eigenvalue weighted by atomic mass is 10.0. The smallest absolute Gasteiger partial charge is 0.306 e. The zero-order valence-corrected chi connectivity index (χ0v) is 45.7. The maximum atomic E-state index is 12.7. The zero-order valence-electron chi connectivity index (χ0n) is 45.7. The molecule has 0 saturated heterocycles. The van der Waals surface area contributed by atoms with Crippen molar-refractivity contribution in [2.45, 2.75) is 361 Å². The molecule has 0 aromatic rings. The number of carbonyl (C=O) groups excluding carboxylic acids is 3. The average Bonchev–Trinajstić information content (AvgIpc) is 3.33. The van der Waals surface area contributed by atoms with E-state index in [2.05, 4.69) is 20.8 Å². The van der Waals surface area contributed by atoms with E-state index in [4.69, 9.17) is 14.2 Å². The van der Waals surface area contributed by atoms with E-state index in [9.17, 15) is 14.4 Å². The quantitative estimate of drug-likeness (QED) is 0.0343. The molecule has 0 amide bonds. The highest BCUT2D eigenvalue weighted by Crippen LogP contribution is 2.18. The maximum absolute atomic E-state index is 12.7. The third-order valence-electron chi connectivity index (χ3n) is 14.1. The van der Waals surface area contributed by atoms with E-state index < -0.39 is 6.10 Å². The Labute approximate surface area is 418 Å². The summed E-state index contributed by atoms with van der Waals surface area (Å²) in [5.41, 5.74) is 0. The monoisotopic (exact) mass is 947 g/mol. The van der Waals surface area contributed by atoms with Crippen molar-refractivity contribution in [3.63, 3.8) is 0 Å². The molecule has 0 radical (unpaired) electrons. The molecule has 398 valence electrons. The average molecular weight is 948 g/mol. The Bertz CT molecular complexity index is 998. The van der Waals surface area contributed by atoms with Gasteiger partial charge in [-0.05, 0) is 19.3 Å². The van der Waals surface area contributed by atoms with Gasteiger partial charge in [-0.3, -0.25) is 14.4 Å². The molecule has 0 bridgehead atoms. The number of hydrogen-bond donors (Lipinski definition) is 0. The first-order valence-corrected chi connectivity index (χ1v) is 30.5. The summed E-state index contributed by atoms with van der Waals surface area (Å²) in [6.45, 7) is 6.63. The molecular formula is C61H118O6. The SMILES string of the molecule is CCCCCCCCCCCCCCCCCCCCCCCCCCCCCCCCCCC(=O)OCC(COC(=O)CCCCCCCC)OC(=O)CCCCCCCCCCCCC. The lowest BCUT2D eigenvalue weighted by Gasteiger charge is -2.18. The third kappa shape index (κ3) is 55.2. The summed E-state index contributed by atoms with van der Waals surface area (Å²) in [6.07, 6.45) is 64.6. The van der Waals surface area contributed by atoms with Crippen molar-refractivity contribution >= 4 is 17.9 Å². The van der Waals surface area contributed by atoms with Crippen LogP contribution in [0, 0.1) is 0 Å². The van der Waals surface area contributed by atoms with Crippen molar-refractivity contribution in [3.8, 4) is 0 Å². The second-order valence-electron chi connectivity index (χ2n) is 21.0. The molecule has 0 rings (SSSR count). The van der Waals surface area contributed by atoms with Crippen LogP contribution in [0.4, 0.5) is 0 Å². The van der Waals surface area contributed by atoms with Crippen LogP contribution >= 0.6 is 0 Å². The number of hydrogen-bond acceptors (Lipinski definition) is 6. The van der Waals surface area contributed by atoms with Crippen molar-refractivity contribution in [3.05, 3.63) is 0 Å². The first kappa shape index (κ1) is 65.4.